The minimum atomic E-state index is 0.0510. The zero-order valence-electron chi connectivity index (χ0n) is 15.7. The first-order valence-electron chi connectivity index (χ1n) is 9.77. The Bertz CT molecular complexity index is 823. The van der Waals surface area contributed by atoms with Crippen molar-refractivity contribution in [3.8, 4) is 0 Å². The monoisotopic (exact) mass is 367 g/mol. The fourth-order valence-electron chi connectivity index (χ4n) is 3.97. The number of nitrogens with zero attached hydrogens (tertiary/aromatic N) is 7. The summed E-state index contributed by atoms with van der Waals surface area (Å²) in [5, 5.41) is 4.48. The summed E-state index contributed by atoms with van der Waals surface area (Å²) in [5.41, 5.74) is 2.06. The van der Waals surface area contributed by atoms with Crippen molar-refractivity contribution in [2.45, 2.75) is 37.8 Å². The topological polar surface area (TPSA) is 70.4 Å². The van der Waals surface area contributed by atoms with Crippen LogP contribution in [-0.2, 0) is 6.54 Å². The van der Waals surface area contributed by atoms with Gasteiger partial charge in [-0.25, -0.2) is 14.8 Å². The number of carbonyl (C=O) groups is 1. The molecule has 2 amide bonds. The lowest BCUT2D eigenvalue weighted by atomic mass is 9.85. The van der Waals surface area contributed by atoms with Crippen LogP contribution in [-0.4, -0.2) is 68.8 Å². The molecule has 0 spiro atoms. The van der Waals surface area contributed by atoms with Crippen molar-refractivity contribution >= 4 is 11.7 Å². The number of likely N-dealkylation sites (N-methyl/N-ethyl adjacent to an activating group) is 1. The first-order chi connectivity index (χ1) is 13.2. The molecule has 1 saturated carbocycles. The lowest BCUT2D eigenvalue weighted by molar-refractivity contribution is 0.0906. The van der Waals surface area contributed by atoms with Crippen molar-refractivity contribution in [3.05, 3.63) is 36.2 Å². The highest BCUT2D eigenvalue weighted by Gasteiger charge is 2.31. The molecule has 8 nitrogen and oxygen atoms in total. The van der Waals surface area contributed by atoms with Crippen molar-refractivity contribution in [2.75, 3.05) is 38.1 Å². The minimum absolute atomic E-state index is 0.0510. The molecule has 2 aliphatic heterocycles. The molecule has 0 radical (unpaired) electrons. The van der Waals surface area contributed by atoms with Crippen LogP contribution in [0.5, 0.6) is 0 Å². The second kappa shape index (κ2) is 6.60. The highest BCUT2D eigenvalue weighted by atomic mass is 16.2. The van der Waals surface area contributed by atoms with Crippen molar-refractivity contribution in [3.63, 3.8) is 0 Å². The lowest BCUT2D eigenvalue weighted by Gasteiger charge is -2.39. The zero-order valence-corrected chi connectivity index (χ0v) is 15.7. The van der Waals surface area contributed by atoms with Gasteiger partial charge in [0, 0.05) is 69.8 Å². The number of urea groups is 1. The molecule has 8 heteroatoms. The SMILES string of the molecule is CN1CCN(c2cnn(C3CN(Cc4cnc(C5CCC5)nc4)C3)c2)C1=O. The van der Waals surface area contributed by atoms with Crippen molar-refractivity contribution in [2.24, 2.45) is 0 Å². The summed E-state index contributed by atoms with van der Waals surface area (Å²) >= 11 is 0. The van der Waals surface area contributed by atoms with E-state index >= 15 is 0 Å². The molecule has 142 valence electrons. The highest BCUT2D eigenvalue weighted by Crippen LogP contribution is 2.34. The van der Waals surface area contributed by atoms with Gasteiger partial charge in [-0.3, -0.25) is 14.5 Å². The summed E-state index contributed by atoms with van der Waals surface area (Å²) < 4.78 is 1.99. The van der Waals surface area contributed by atoms with Gasteiger partial charge in [0.15, 0.2) is 0 Å². The van der Waals surface area contributed by atoms with Gasteiger partial charge in [-0.2, -0.15) is 5.10 Å². The summed E-state index contributed by atoms with van der Waals surface area (Å²) in [4.78, 5) is 27.1. The molecule has 0 N–H and O–H groups in total. The number of amides is 2. The average molecular weight is 367 g/mol. The van der Waals surface area contributed by atoms with E-state index < -0.39 is 0 Å². The predicted octanol–water partition coefficient (Wildman–Crippen LogP) is 1.87. The van der Waals surface area contributed by atoms with Gasteiger partial charge < -0.3 is 4.90 Å². The fourth-order valence-corrected chi connectivity index (χ4v) is 3.97. The molecule has 0 aromatic carbocycles. The Labute approximate surface area is 158 Å². The van der Waals surface area contributed by atoms with E-state index in [1.165, 1.54) is 24.8 Å². The number of likely N-dealkylation sites (tertiary alicyclic amines) is 1. The van der Waals surface area contributed by atoms with E-state index in [0.717, 1.165) is 44.2 Å². The number of aromatic nitrogens is 4. The predicted molar refractivity (Wildman–Crippen MR) is 101 cm³/mol. The molecule has 1 aliphatic carbocycles. The van der Waals surface area contributed by atoms with Crippen LogP contribution in [0.1, 0.15) is 42.6 Å². The van der Waals surface area contributed by atoms with Gasteiger partial charge in [-0.05, 0) is 12.8 Å². The fraction of sp³-hybridized carbons (Fsp3) is 0.579. The van der Waals surface area contributed by atoms with Gasteiger partial charge in [-0.1, -0.05) is 6.42 Å². The molecular formula is C19H25N7O. The number of hydrogen-bond acceptors (Lipinski definition) is 5. The molecule has 0 atom stereocenters. The van der Waals surface area contributed by atoms with Gasteiger partial charge in [0.1, 0.15) is 5.82 Å². The van der Waals surface area contributed by atoms with Crippen LogP contribution < -0.4 is 4.90 Å². The molecule has 27 heavy (non-hydrogen) atoms. The van der Waals surface area contributed by atoms with Crippen LogP contribution in [0.4, 0.5) is 10.5 Å². The normalized spacial score (nSPS) is 21.6. The maximum Gasteiger partial charge on any atom is 0.324 e. The van der Waals surface area contributed by atoms with Gasteiger partial charge in [0.25, 0.3) is 0 Å². The first-order valence-corrected chi connectivity index (χ1v) is 9.77. The summed E-state index contributed by atoms with van der Waals surface area (Å²) in [6, 6.07) is 0.416. The van der Waals surface area contributed by atoms with Gasteiger partial charge in [0.05, 0.1) is 17.9 Å². The second-order valence-corrected chi connectivity index (χ2v) is 7.96. The minimum Gasteiger partial charge on any atom is -0.326 e. The van der Waals surface area contributed by atoms with E-state index in [2.05, 4.69) is 20.0 Å². The maximum atomic E-state index is 12.1. The van der Waals surface area contributed by atoms with E-state index in [1.807, 2.05) is 30.3 Å². The van der Waals surface area contributed by atoms with Crippen molar-refractivity contribution in [1.29, 1.82) is 0 Å². The van der Waals surface area contributed by atoms with Crippen LogP contribution in [0.2, 0.25) is 0 Å². The first kappa shape index (κ1) is 16.7. The molecule has 0 bridgehead atoms. The van der Waals surface area contributed by atoms with Crippen molar-refractivity contribution in [1.82, 2.24) is 29.5 Å². The van der Waals surface area contributed by atoms with Crippen LogP contribution in [0.25, 0.3) is 0 Å². The molecular weight excluding hydrogens is 342 g/mol. The van der Waals surface area contributed by atoms with E-state index in [0.29, 0.717) is 12.0 Å². The van der Waals surface area contributed by atoms with Crippen LogP contribution in [0.3, 0.4) is 0 Å². The van der Waals surface area contributed by atoms with E-state index in [4.69, 9.17) is 0 Å². The molecule has 3 fully saturated rings. The Hall–Kier alpha value is -2.48. The van der Waals surface area contributed by atoms with Crippen LogP contribution >= 0.6 is 0 Å². The largest absolute Gasteiger partial charge is 0.326 e. The Morgan fingerprint density at radius 1 is 1.11 bits per heavy atom. The molecule has 2 aromatic rings. The third kappa shape index (κ3) is 3.07. The maximum absolute atomic E-state index is 12.1. The smallest absolute Gasteiger partial charge is 0.324 e. The van der Waals surface area contributed by atoms with Crippen LogP contribution in [0, 0.1) is 0 Å². The number of hydrogen-bond donors (Lipinski definition) is 0. The van der Waals surface area contributed by atoms with E-state index in [-0.39, 0.29) is 6.03 Å². The highest BCUT2D eigenvalue weighted by molar-refractivity contribution is 5.93. The number of rotatable bonds is 5. The molecule has 4 heterocycles. The summed E-state index contributed by atoms with van der Waals surface area (Å²) in [7, 11) is 1.83. The van der Waals surface area contributed by atoms with Gasteiger partial charge >= 0.3 is 6.03 Å². The Balaban J connectivity index is 1.15. The Morgan fingerprint density at radius 2 is 1.89 bits per heavy atom. The molecule has 0 unspecified atom stereocenters. The molecule has 3 aliphatic rings. The third-order valence-electron chi connectivity index (χ3n) is 6.03. The summed E-state index contributed by atoms with van der Waals surface area (Å²) in [5.74, 6) is 1.60. The Kier molecular flexibility index (Phi) is 4.07. The zero-order chi connectivity index (χ0) is 18.4. The molecule has 2 aromatic heterocycles. The molecule has 2 saturated heterocycles. The average Bonchev–Trinajstić information content (AvgIpc) is 3.18. The summed E-state index contributed by atoms with van der Waals surface area (Å²) in [6.45, 7) is 4.29. The standard InChI is InChI=1S/C19H25N7O/c1-23-5-6-25(19(23)27)16-9-22-26(13-16)17-11-24(12-17)10-14-7-20-18(21-8-14)15-3-2-4-15/h7-9,13,15,17H,2-6,10-12H2,1H3. The number of anilines is 1. The van der Waals surface area contributed by atoms with Crippen LogP contribution in [0.15, 0.2) is 24.8 Å². The third-order valence-corrected chi connectivity index (χ3v) is 6.03. The van der Waals surface area contributed by atoms with Gasteiger partial charge in [-0.15, -0.1) is 0 Å². The number of carbonyl (C=O) groups excluding carboxylic acids is 1. The van der Waals surface area contributed by atoms with E-state index in [9.17, 15) is 4.79 Å². The molecule has 5 rings (SSSR count). The quantitative estimate of drug-likeness (QED) is 0.807. The van der Waals surface area contributed by atoms with E-state index in [1.54, 1.807) is 16.0 Å². The Morgan fingerprint density at radius 3 is 2.52 bits per heavy atom. The van der Waals surface area contributed by atoms with Gasteiger partial charge in [0.2, 0.25) is 0 Å². The van der Waals surface area contributed by atoms with Crippen molar-refractivity contribution < 1.29 is 4.79 Å². The summed E-state index contributed by atoms with van der Waals surface area (Å²) in [6.07, 6.45) is 11.5. The lowest BCUT2D eigenvalue weighted by Crippen LogP contribution is -2.47. The second-order valence-electron chi connectivity index (χ2n) is 7.96.